The molecule has 170 valence electrons. The van der Waals surface area contributed by atoms with E-state index in [-0.39, 0.29) is 5.91 Å². The standard InChI is InChI=1S/C24H35N3O4/c1-4-15-31-18-10-8-17(9-11-18)23(27-24(28)21(26)7-5-6-14-25)20-13-12-19(29-2)16-22(20)30-3/h8-13,16,21,23H,4-7,14-15,25-26H2,1-3H3,(H,27,28). The first kappa shape index (κ1) is 24.5. The molecule has 1 amide bonds. The van der Waals surface area contributed by atoms with Gasteiger partial charge in [-0.1, -0.05) is 25.5 Å². The molecule has 0 aliphatic heterocycles. The molecule has 31 heavy (non-hydrogen) atoms. The summed E-state index contributed by atoms with van der Waals surface area (Å²) in [7, 11) is 3.19. The maximum absolute atomic E-state index is 12.9. The van der Waals surface area contributed by atoms with Crippen molar-refractivity contribution in [1.29, 1.82) is 0 Å². The highest BCUT2D eigenvalue weighted by molar-refractivity contribution is 5.82. The van der Waals surface area contributed by atoms with Gasteiger partial charge in [0, 0.05) is 11.6 Å². The number of carbonyl (C=O) groups excluding carboxylic acids is 1. The van der Waals surface area contributed by atoms with Gasteiger partial charge in [0.1, 0.15) is 17.2 Å². The fourth-order valence-electron chi connectivity index (χ4n) is 3.26. The van der Waals surface area contributed by atoms with E-state index >= 15 is 0 Å². The average Bonchev–Trinajstić information content (AvgIpc) is 2.81. The lowest BCUT2D eigenvalue weighted by molar-refractivity contribution is -0.123. The van der Waals surface area contributed by atoms with Gasteiger partial charge < -0.3 is 31.0 Å². The van der Waals surface area contributed by atoms with Gasteiger partial charge in [-0.15, -0.1) is 0 Å². The number of unbranched alkanes of at least 4 members (excludes halogenated alkanes) is 1. The summed E-state index contributed by atoms with van der Waals surface area (Å²) in [4.78, 5) is 12.9. The van der Waals surface area contributed by atoms with Crippen LogP contribution in [0.5, 0.6) is 17.2 Å². The van der Waals surface area contributed by atoms with E-state index in [9.17, 15) is 4.79 Å². The number of rotatable bonds is 13. The maximum atomic E-state index is 12.9. The molecule has 0 fully saturated rings. The fraction of sp³-hybridized carbons (Fsp3) is 0.458. The van der Waals surface area contributed by atoms with Crippen LogP contribution >= 0.6 is 0 Å². The number of nitrogens with one attached hydrogen (secondary N) is 1. The minimum absolute atomic E-state index is 0.216. The van der Waals surface area contributed by atoms with Gasteiger partial charge in [0.15, 0.2) is 0 Å². The summed E-state index contributed by atoms with van der Waals surface area (Å²) in [6.45, 7) is 3.31. The zero-order chi connectivity index (χ0) is 22.6. The highest BCUT2D eigenvalue weighted by Gasteiger charge is 2.24. The number of hydrogen-bond donors (Lipinski definition) is 3. The lowest BCUT2D eigenvalue weighted by Gasteiger charge is -2.24. The van der Waals surface area contributed by atoms with Crippen molar-refractivity contribution in [2.45, 2.75) is 44.7 Å². The van der Waals surface area contributed by atoms with Gasteiger partial charge in [-0.05, 0) is 55.6 Å². The SMILES string of the molecule is CCCOc1ccc(C(NC(=O)C(N)CCCCN)c2ccc(OC)cc2OC)cc1. The normalized spacial score (nSPS) is 12.7. The highest BCUT2D eigenvalue weighted by Crippen LogP contribution is 2.34. The Bertz CT molecular complexity index is 811. The van der Waals surface area contributed by atoms with E-state index < -0.39 is 12.1 Å². The van der Waals surface area contributed by atoms with Crippen molar-refractivity contribution in [3.63, 3.8) is 0 Å². The first-order chi connectivity index (χ1) is 15.0. The van der Waals surface area contributed by atoms with Crippen LogP contribution in [0, 0.1) is 0 Å². The predicted octanol–water partition coefficient (Wildman–Crippen LogP) is 3.15. The zero-order valence-electron chi connectivity index (χ0n) is 18.7. The third-order valence-corrected chi connectivity index (χ3v) is 5.03. The van der Waals surface area contributed by atoms with Crippen LogP contribution in [0.2, 0.25) is 0 Å². The molecular weight excluding hydrogens is 394 g/mol. The minimum atomic E-state index is -0.606. The molecule has 2 aromatic rings. The monoisotopic (exact) mass is 429 g/mol. The Morgan fingerprint density at radius 3 is 2.35 bits per heavy atom. The summed E-state index contributed by atoms with van der Waals surface area (Å²) >= 11 is 0. The van der Waals surface area contributed by atoms with Crippen LogP contribution < -0.4 is 31.0 Å². The molecule has 0 spiro atoms. The molecule has 0 saturated carbocycles. The van der Waals surface area contributed by atoms with Crippen LogP contribution in [0.15, 0.2) is 42.5 Å². The molecule has 2 aromatic carbocycles. The van der Waals surface area contributed by atoms with Crippen molar-refractivity contribution in [3.8, 4) is 17.2 Å². The summed E-state index contributed by atoms with van der Waals surface area (Å²) in [5.74, 6) is 1.86. The summed E-state index contributed by atoms with van der Waals surface area (Å²) in [6, 6.07) is 12.2. The van der Waals surface area contributed by atoms with Gasteiger partial charge >= 0.3 is 0 Å². The second kappa shape index (κ2) is 12.8. The van der Waals surface area contributed by atoms with E-state index in [4.69, 9.17) is 25.7 Å². The molecule has 0 aliphatic rings. The summed E-state index contributed by atoms with van der Waals surface area (Å²) in [5.41, 5.74) is 13.4. The zero-order valence-corrected chi connectivity index (χ0v) is 18.7. The summed E-state index contributed by atoms with van der Waals surface area (Å²) in [6.07, 6.45) is 3.17. The van der Waals surface area contributed by atoms with E-state index in [1.54, 1.807) is 20.3 Å². The molecule has 2 unspecified atom stereocenters. The Morgan fingerprint density at radius 2 is 1.74 bits per heavy atom. The van der Waals surface area contributed by atoms with Crippen LogP contribution in [0.25, 0.3) is 0 Å². The van der Waals surface area contributed by atoms with Gasteiger partial charge in [-0.3, -0.25) is 4.79 Å². The quantitative estimate of drug-likeness (QED) is 0.422. The number of nitrogens with two attached hydrogens (primary N) is 2. The number of methoxy groups -OCH3 is 2. The third-order valence-electron chi connectivity index (χ3n) is 5.03. The van der Waals surface area contributed by atoms with Crippen molar-refractivity contribution >= 4 is 5.91 Å². The highest BCUT2D eigenvalue weighted by atomic mass is 16.5. The van der Waals surface area contributed by atoms with E-state index in [0.717, 1.165) is 36.1 Å². The third kappa shape index (κ3) is 7.15. The van der Waals surface area contributed by atoms with Crippen molar-refractivity contribution in [1.82, 2.24) is 5.32 Å². The van der Waals surface area contributed by atoms with Gasteiger partial charge in [0.05, 0.1) is 32.9 Å². The second-order valence-electron chi connectivity index (χ2n) is 7.36. The van der Waals surface area contributed by atoms with Crippen molar-refractivity contribution in [3.05, 3.63) is 53.6 Å². The average molecular weight is 430 g/mol. The Labute approximate surface area is 185 Å². The van der Waals surface area contributed by atoms with Crippen molar-refractivity contribution in [2.24, 2.45) is 11.5 Å². The number of benzene rings is 2. The Kier molecular flexibility index (Phi) is 10.1. The fourth-order valence-corrected chi connectivity index (χ4v) is 3.26. The first-order valence-electron chi connectivity index (χ1n) is 10.7. The first-order valence-corrected chi connectivity index (χ1v) is 10.7. The largest absolute Gasteiger partial charge is 0.497 e. The van der Waals surface area contributed by atoms with Gasteiger partial charge in [0.2, 0.25) is 5.91 Å². The van der Waals surface area contributed by atoms with Crippen molar-refractivity contribution in [2.75, 3.05) is 27.4 Å². The van der Waals surface area contributed by atoms with Gasteiger partial charge in [0.25, 0.3) is 0 Å². The topological polar surface area (TPSA) is 109 Å². The Balaban J connectivity index is 2.32. The molecule has 2 rings (SSSR count). The van der Waals surface area contributed by atoms with Crippen LogP contribution in [0.3, 0.4) is 0 Å². The molecular formula is C24H35N3O4. The van der Waals surface area contributed by atoms with Crippen molar-refractivity contribution < 1.29 is 19.0 Å². The van der Waals surface area contributed by atoms with Crippen LogP contribution in [0.4, 0.5) is 0 Å². The van der Waals surface area contributed by atoms with Gasteiger partial charge in [-0.2, -0.15) is 0 Å². The van der Waals surface area contributed by atoms with Gasteiger partial charge in [-0.25, -0.2) is 0 Å². The molecule has 0 saturated heterocycles. The molecule has 2 atom stereocenters. The summed E-state index contributed by atoms with van der Waals surface area (Å²) in [5, 5.41) is 3.09. The molecule has 7 heteroatoms. The van der Waals surface area contributed by atoms with Crippen LogP contribution in [-0.4, -0.2) is 39.3 Å². The number of carbonyl (C=O) groups is 1. The Morgan fingerprint density at radius 1 is 1.03 bits per heavy atom. The molecule has 0 heterocycles. The lowest BCUT2D eigenvalue weighted by atomic mass is 9.96. The maximum Gasteiger partial charge on any atom is 0.237 e. The van der Waals surface area contributed by atoms with Crippen LogP contribution in [0.1, 0.15) is 49.8 Å². The van der Waals surface area contributed by atoms with E-state index in [2.05, 4.69) is 12.2 Å². The van der Waals surface area contributed by atoms with E-state index in [0.29, 0.717) is 31.1 Å². The number of ether oxygens (including phenoxy) is 3. The number of amides is 1. The van der Waals surface area contributed by atoms with E-state index in [1.165, 1.54) is 0 Å². The smallest absolute Gasteiger partial charge is 0.237 e. The predicted molar refractivity (Wildman–Crippen MR) is 123 cm³/mol. The van der Waals surface area contributed by atoms with E-state index in [1.807, 2.05) is 36.4 Å². The molecule has 7 nitrogen and oxygen atoms in total. The molecule has 0 aromatic heterocycles. The Hall–Kier alpha value is -2.77. The molecule has 0 bridgehead atoms. The summed E-state index contributed by atoms with van der Waals surface area (Å²) < 4.78 is 16.6. The molecule has 0 radical (unpaired) electrons. The lowest BCUT2D eigenvalue weighted by Crippen LogP contribution is -2.42. The molecule has 0 aliphatic carbocycles. The minimum Gasteiger partial charge on any atom is -0.497 e. The molecule has 5 N–H and O–H groups in total. The van der Waals surface area contributed by atoms with Crippen LogP contribution in [-0.2, 0) is 4.79 Å². The second-order valence-corrected chi connectivity index (χ2v) is 7.36. The number of hydrogen-bond acceptors (Lipinski definition) is 6.